The zero-order valence-corrected chi connectivity index (χ0v) is 18.1. The van der Waals surface area contributed by atoms with Gasteiger partial charge in [-0.2, -0.15) is 0 Å². The van der Waals surface area contributed by atoms with Gasteiger partial charge in [-0.1, -0.05) is 66.7 Å². The van der Waals surface area contributed by atoms with Crippen molar-refractivity contribution in [3.8, 4) is 0 Å². The molecule has 0 aromatic heterocycles. The maximum absolute atomic E-state index is 13.9. The van der Waals surface area contributed by atoms with E-state index in [0.29, 0.717) is 51.4 Å². The largest absolute Gasteiger partial charge is 0.381 e. The lowest BCUT2D eigenvalue weighted by Gasteiger charge is -2.36. The summed E-state index contributed by atoms with van der Waals surface area (Å²) in [6, 6.07) is 24.5. The van der Waals surface area contributed by atoms with Crippen LogP contribution in [-0.2, 0) is 39.4 Å². The summed E-state index contributed by atoms with van der Waals surface area (Å²) in [6.45, 7) is 2.50. The van der Waals surface area contributed by atoms with Gasteiger partial charge in [0.15, 0.2) is 0 Å². The second-order valence-corrected chi connectivity index (χ2v) is 8.18. The fraction of sp³-hybridized carbons (Fsp3) is 0.296. The summed E-state index contributed by atoms with van der Waals surface area (Å²) >= 11 is 0. The van der Waals surface area contributed by atoms with Gasteiger partial charge in [0.2, 0.25) is 5.91 Å². The Morgan fingerprint density at radius 3 is 2.22 bits per heavy atom. The highest BCUT2D eigenvalue weighted by atomic mass is 19.1. The van der Waals surface area contributed by atoms with Crippen LogP contribution in [0.15, 0.2) is 78.9 Å². The van der Waals surface area contributed by atoms with Gasteiger partial charge in [0.25, 0.3) is 0 Å². The molecule has 0 atom stereocenters. The Balaban J connectivity index is 1.34. The van der Waals surface area contributed by atoms with Gasteiger partial charge in [0.1, 0.15) is 5.82 Å². The lowest BCUT2D eigenvalue weighted by atomic mass is 9.73. The van der Waals surface area contributed by atoms with Gasteiger partial charge < -0.3 is 14.8 Å². The van der Waals surface area contributed by atoms with Crippen LogP contribution in [0.4, 0.5) is 4.39 Å². The van der Waals surface area contributed by atoms with Crippen molar-refractivity contribution in [1.29, 1.82) is 0 Å². The molecule has 5 heteroatoms. The lowest BCUT2D eigenvalue weighted by molar-refractivity contribution is -0.130. The number of hydrogen-bond acceptors (Lipinski definition) is 3. The lowest BCUT2D eigenvalue weighted by Crippen LogP contribution is -2.47. The number of benzene rings is 3. The van der Waals surface area contributed by atoms with Crippen LogP contribution in [0.2, 0.25) is 0 Å². The van der Waals surface area contributed by atoms with E-state index in [1.54, 1.807) is 6.07 Å². The molecule has 3 aromatic carbocycles. The summed E-state index contributed by atoms with van der Waals surface area (Å²) in [4.78, 5) is 13.2. The van der Waals surface area contributed by atoms with Gasteiger partial charge in [-0.25, -0.2) is 4.39 Å². The molecule has 1 heterocycles. The molecule has 0 bridgehead atoms. The number of halogens is 1. The topological polar surface area (TPSA) is 47.6 Å². The summed E-state index contributed by atoms with van der Waals surface area (Å²) in [5.41, 5.74) is 3.19. The van der Waals surface area contributed by atoms with Crippen molar-refractivity contribution in [2.45, 2.75) is 38.0 Å². The smallest absolute Gasteiger partial charge is 0.231 e. The van der Waals surface area contributed by atoms with E-state index in [2.05, 4.69) is 5.32 Å². The predicted octanol–water partition coefficient (Wildman–Crippen LogP) is 4.91. The van der Waals surface area contributed by atoms with E-state index in [4.69, 9.17) is 9.47 Å². The number of hydrogen-bond donors (Lipinski definition) is 1. The first-order valence-corrected chi connectivity index (χ1v) is 11.0. The van der Waals surface area contributed by atoms with Crippen molar-refractivity contribution in [2.24, 2.45) is 0 Å². The van der Waals surface area contributed by atoms with Crippen molar-refractivity contribution < 1.29 is 18.7 Å². The van der Waals surface area contributed by atoms with Crippen LogP contribution in [0.5, 0.6) is 0 Å². The average molecular weight is 434 g/mol. The number of ether oxygens (including phenoxy) is 2. The van der Waals surface area contributed by atoms with Crippen LogP contribution >= 0.6 is 0 Å². The molecular weight excluding hydrogens is 405 g/mol. The highest BCUT2D eigenvalue weighted by molar-refractivity contribution is 5.88. The molecule has 32 heavy (non-hydrogen) atoms. The van der Waals surface area contributed by atoms with Crippen molar-refractivity contribution in [3.05, 3.63) is 107 Å². The number of carbonyl (C=O) groups excluding carboxylic acids is 1. The van der Waals surface area contributed by atoms with Crippen LogP contribution in [0.1, 0.15) is 35.1 Å². The monoisotopic (exact) mass is 433 g/mol. The van der Waals surface area contributed by atoms with Gasteiger partial charge in [0.05, 0.1) is 18.6 Å². The second-order valence-electron chi connectivity index (χ2n) is 8.18. The first-order valence-electron chi connectivity index (χ1n) is 11.0. The molecule has 4 rings (SSSR count). The van der Waals surface area contributed by atoms with E-state index in [1.165, 1.54) is 12.1 Å². The molecule has 1 fully saturated rings. The third-order valence-electron chi connectivity index (χ3n) is 6.01. The Bertz CT molecular complexity index is 1010. The number of rotatable bonds is 8. The molecule has 0 saturated carbocycles. The third-order valence-corrected chi connectivity index (χ3v) is 6.01. The van der Waals surface area contributed by atoms with Crippen molar-refractivity contribution in [3.63, 3.8) is 0 Å². The maximum Gasteiger partial charge on any atom is 0.231 e. The molecule has 1 aliphatic rings. The van der Waals surface area contributed by atoms with Crippen LogP contribution in [-0.4, -0.2) is 19.1 Å². The molecule has 4 nitrogen and oxygen atoms in total. The van der Waals surface area contributed by atoms with Crippen molar-refractivity contribution in [1.82, 2.24) is 5.32 Å². The molecule has 0 unspecified atom stereocenters. The summed E-state index contributed by atoms with van der Waals surface area (Å²) in [6.07, 6.45) is 1.08. The average Bonchev–Trinajstić information content (AvgIpc) is 2.84. The van der Waals surface area contributed by atoms with Gasteiger partial charge in [-0.15, -0.1) is 0 Å². The minimum Gasteiger partial charge on any atom is -0.381 e. The zero-order chi connectivity index (χ0) is 22.2. The Kier molecular flexibility index (Phi) is 7.30. The maximum atomic E-state index is 13.9. The molecule has 0 radical (unpaired) electrons. The summed E-state index contributed by atoms with van der Waals surface area (Å²) in [7, 11) is 0. The highest BCUT2D eigenvalue weighted by Gasteiger charge is 2.41. The Morgan fingerprint density at radius 2 is 1.53 bits per heavy atom. The number of carbonyl (C=O) groups is 1. The summed E-state index contributed by atoms with van der Waals surface area (Å²) < 4.78 is 25.1. The van der Waals surface area contributed by atoms with Crippen LogP contribution in [0.3, 0.4) is 0 Å². The fourth-order valence-electron chi connectivity index (χ4n) is 4.12. The van der Waals surface area contributed by atoms with Gasteiger partial charge in [-0.05, 0) is 47.2 Å². The van der Waals surface area contributed by atoms with Crippen LogP contribution in [0.25, 0.3) is 0 Å². The van der Waals surface area contributed by atoms with Gasteiger partial charge >= 0.3 is 0 Å². The minimum absolute atomic E-state index is 0.0818. The normalized spacial score (nSPS) is 15.3. The number of nitrogens with one attached hydrogen (secondary N) is 1. The Labute approximate surface area is 188 Å². The van der Waals surface area contributed by atoms with Gasteiger partial charge in [-0.3, -0.25) is 4.79 Å². The molecule has 3 aromatic rings. The summed E-state index contributed by atoms with van der Waals surface area (Å²) in [5, 5.41) is 3.06. The molecule has 0 aliphatic carbocycles. The van der Waals surface area contributed by atoms with Crippen molar-refractivity contribution in [2.75, 3.05) is 13.2 Å². The van der Waals surface area contributed by atoms with Gasteiger partial charge in [0, 0.05) is 19.8 Å². The van der Waals surface area contributed by atoms with E-state index in [1.807, 2.05) is 60.7 Å². The second kappa shape index (κ2) is 10.5. The predicted molar refractivity (Wildman–Crippen MR) is 121 cm³/mol. The molecule has 1 amide bonds. The van der Waals surface area contributed by atoms with E-state index in [0.717, 1.165) is 16.7 Å². The first-order chi connectivity index (χ1) is 15.7. The standard InChI is InChI=1S/C27H28FNO3/c28-25-8-4-7-24(17-25)27(13-15-31-16-14-27)26(30)29-18-21-9-11-23(12-10-21)20-32-19-22-5-2-1-3-6-22/h1-12,17H,13-16,18-20H2,(H,29,30). The first kappa shape index (κ1) is 22.2. The zero-order valence-electron chi connectivity index (χ0n) is 18.1. The molecule has 0 spiro atoms. The molecule has 1 saturated heterocycles. The van der Waals surface area contributed by atoms with E-state index >= 15 is 0 Å². The fourth-order valence-corrected chi connectivity index (χ4v) is 4.12. The third kappa shape index (κ3) is 5.42. The molecular formula is C27H28FNO3. The van der Waals surface area contributed by atoms with E-state index in [-0.39, 0.29) is 11.7 Å². The Morgan fingerprint density at radius 1 is 0.875 bits per heavy atom. The van der Waals surface area contributed by atoms with Crippen molar-refractivity contribution >= 4 is 5.91 Å². The van der Waals surface area contributed by atoms with E-state index in [9.17, 15) is 9.18 Å². The molecule has 166 valence electrons. The Hall–Kier alpha value is -3.02. The van der Waals surface area contributed by atoms with Crippen LogP contribution < -0.4 is 5.32 Å². The highest BCUT2D eigenvalue weighted by Crippen LogP contribution is 2.35. The number of amides is 1. The quantitative estimate of drug-likeness (QED) is 0.549. The molecule has 1 N–H and O–H groups in total. The summed E-state index contributed by atoms with van der Waals surface area (Å²) in [5.74, 6) is -0.409. The SMILES string of the molecule is O=C(NCc1ccc(COCc2ccccc2)cc1)C1(c2cccc(F)c2)CCOCC1. The van der Waals surface area contributed by atoms with E-state index < -0.39 is 5.41 Å². The molecule has 1 aliphatic heterocycles. The van der Waals surface area contributed by atoms with Crippen LogP contribution in [0, 0.1) is 5.82 Å². The minimum atomic E-state index is -0.758.